The molecule has 0 aliphatic heterocycles. The highest BCUT2D eigenvalue weighted by Crippen LogP contribution is 2.33. The summed E-state index contributed by atoms with van der Waals surface area (Å²) in [6.45, 7) is 6.91. The van der Waals surface area contributed by atoms with E-state index in [2.05, 4.69) is 0 Å². The molecule has 0 saturated heterocycles. The van der Waals surface area contributed by atoms with E-state index in [1.54, 1.807) is 24.3 Å². The molecule has 2 atom stereocenters. The van der Waals surface area contributed by atoms with Crippen LogP contribution >= 0.6 is 11.6 Å². The molecule has 100 valence electrons. The van der Waals surface area contributed by atoms with Crippen LogP contribution in [0, 0.1) is 5.41 Å². The van der Waals surface area contributed by atoms with Gasteiger partial charge in [0.15, 0.2) is 4.87 Å². The van der Waals surface area contributed by atoms with Crippen LogP contribution in [0.3, 0.4) is 0 Å². The zero-order chi connectivity index (χ0) is 14.0. The van der Waals surface area contributed by atoms with Gasteiger partial charge in [-0.05, 0) is 24.5 Å². The third-order valence-corrected chi connectivity index (χ3v) is 3.05. The lowest BCUT2D eigenvalue weighted by Gasteiger charge is -2.35. The smallest absolute Gasteiger partial charge is 0.335 e. The van der Waals surface area contributed by atoms with Crippen LogP contribution in [0.4, 0.5) is 0 Å². The van der Waals surface area contributed by atoms with Crippen LogP contribution in [-0.2, 0) is 4.79 Å². The monoisotopic (exact) mass is 270 g/mol. The number of halogens is 1. The van der Waals surface area contributed by atoms with Gasteiger partial charge in [-0.2, -0.15) is 0 Å². The summed E-state index contributed by atoms with van der Waals surface area (Å²) in [5, 5.41) is 10.1. The molecule has 3 nitrogen and oxygen atoms in total. The van der Waals surface area contributed by atoms with Crippen LogP contribution < -0.4 is 4.74 Å². The van der Waals surface area contributed by atoms with Crippen LogP contribution in [0.1, 0.15) is 27.7 Å². The van der Waals surface area contributed by atoms with Crippen molar-refractivity contribution in [1.29, 1.82) is 0 Å². The Balaban J connectivity index is 2.83. The van der Waals surface area contributed by atoms with Crippen molar-refractivity contribution in [3.63, 3.8) is 0 Å². The number of rotatable bonds is 3. The van der Waals surface area contributed by atoms with Gasteiger partial charge in [0, 0.05) is 0 Å². The van der Waals surface area contributed by atoms with Gasteiger partial charge in [0.25, 0.3) is 0 Å². The molecule has 1 aromatic rings. The van der Waals surface area contributed by atoms with Crippen molar-refractivity contribution in [2.45, 2.75) is 38.7 Å². The van der Waals surface area contributed by atoms with Crippen LogP contribution in [0.15, 0.2) is 30.3 Å². The molecular formula is C14H19ClO3. The topological polar surface area (TPSA) is 46.5 Å². The lowest BCUT2D eigenvalue weighted by molar-refractivity contribution is -0.142. The summed E-state index contributed by atoms with van der Waals surface area (Å²) in [7, 11) is 0. The van der Waals surface area contributed by atoms with E-state index in [1.165, 1.54) is 6.92 Å². The van der Waals surface area contributed by atoms with Crippen molar-refractivity contribution < 1.29 is 14.6 Å². The fraction of sp³-hybridized carbons (Fsp3) is 0.500. The van der Waals surface area contributed by atoms with E-state index in [4.69, 9.17) is 16.3 Å². The number of ether oxygens (including phenoxy) is 1. The Morgan fingerprint density at radius 2 is 1.72 bits per heavy atom. The summed E-state index contributed by atoms with van der Waals surface area (Å²) < 4.78 is 5.16. The fourth-order valence-electron chi connectivity index (χ4n) is 1.62. The first-order valence-corrected chi connectivity index (χ1v) is 6.18. The molecule has 0 fully saturated rings. The van der Waals surface area contributed by atoms with Crippen molar-refractivity contribution in [2.24, 2.45) is 5.41 Å². The maximum Gasteiger partial charge on any atom is 0.335 e. The lowest BCUT2D eigenvalue weighted by atomic mass is 9.81. The summed E-state index contributed by atoms with van der Waals surface area (Å²) in [6, 6.07) is 8.66. The van der Waals surface area contributed by atoms with E-state index < -0.39 is 22.4 Å². The van der Waals surface area contributed by atoms with E-state index >= 15 is 0 Å². The fourth-order valence-corrected chi connectivity index (χ4v) is 1.99. The molecule has 1 rings (SSSR count). The first-order chi connectivity index (χ1) is 8.15. The summed E-state index contributed by atoms with van der Waals surface area (Å²) in [6.07, 6.45) is -1.01. The minimum absolute atomic E-state index is 0.412. The average molecular weight is 271 g/mol. The number of hydrogen-bond donors (Lipinski definition) is 1. The number of alkyl halides is 1. The summed E-state index contributed by atoms with van der Waals surface area (Å²) in [4.78, 5) is 10.5. The average Bonchev–Trinajstić information content (AvgIpc) is 2.28. The Hall–Kier alpha value is -1.06. The Labute approximate surface area is 113 Å². The Kier molecular flexibility index (Phi) is 4.41. The van der Waals surface area contributed by atoms with Gasteiger partial charge in [0.05, 0.1) is 6.10 Å². The van der Waals surface area contributed by atoms with E-state index in [-0.39, 0.29) is 0 Å². The molecule has 0 amide bonds. The summed E-state index contributed by atoms with van der Waals surface area (Å²) >= 11 is 6.15. The summed E-state index contributed by atoms with van der Waals surface area (Å²) in [5.41, 5.74) is -0.508. The van der Waals surface area contributed by atoms with Gasteiger partial charge in [0.1, 0.15) is 5.75 Å². The highest BCUT2D eigenvalue weighted by Gasteiger charge is 2.46. The third-order valence-electron chi connectivity index (χ3n) is 2.69. The number of carbonyl (C=O) groups is 1. The molecule has 4 heteroatoms. The Morgan fingerprint density at radius 1 is 1.22 bits per heavy atom. The van der Waals surface area contributed by atoms with E-state index in [0.717, 1.165) is 0 Å². The van der Waals surface area contributed by atoms with Crippen LogP contribution in [0.5, 0.6) is 5.75 Å². The van der Waals surface area contributed by atoms with E-state index in [9.17, 15) is 9.90 Å². The standard InChI is InChI=1S/C14H19ClO3/c1-13(2,3)11(16)14(4,15)12(17)18-10-8-6-5-7-9-10/h5-9,11,16H,1-4H3. The van der Waals surface area contributed by atoms with Gasteiger partial charge in [-0.15, -0.1) is 11.6 Å². The molecule has 0 bridgehead atoms. The molecule has 0 spiro atoms. The molecular weight excluding hydrogens is 252 g/mol. The number of para-hydroxylation sites is 1. The summed E-state index contributed by atoms with van der Waals surface area (Å²) in [5.74, 6) is -0.242. The zero-order valence-corrected chi connectivity index (χ0v) is 11.9. The van der Waals surface area contributed by atoms with Gasteiger partial charge in [-0.25, -0.2) is 4.79 Å². The second kappa shape index (κ2) is 5.29. The first-order valence-electron chi connectivity index (χ1n) is 5.80. The molecule has 0 heterocycles. The van der Waals surface area contributed by atoms with Gasteiger partial charge in [-0.3, -0.25) is 0 Å². The van der Waals surface area contributed by atoms with Crippen LogP contribution in [0.2, 0.25) is 0 Å². The normalized spacial score (nSPS) is 16.8. The highest BCUT2D eigenvalue weighted by molar-refractivity contribution is 6.34. The second-order valence-electron chi connectivity index (χ2n) is 5.55. The maximum absolute atomic E-state index is 12.0. The van der Waals surface area contributed by atoms with Crippen molar-refractivity contribution in [2.75, 3.05) is 0 Å². The lowest BCUT2D eigenvalue weighted by Crippen LogP contribution is -2.50. The number of carbonyl (C=O) groups excluding carboxylic acids is 1. The van der Waals surface area contributed by atoms with Crippen LogP contribution in [-0.4, -0.2) is 22.1 Å². The van der Waals surface area contributed by atoms with Crippen molar-refractivity contribution in [1.82, 2.24) is 0 Å². The minimum atomic E-state index is -1.48. The molecule has 1 aromatic carbocycles. The third kappa shape index (κ3) is 3.47. The number of esters is 1. The molecule has 1 N–H and O–H groups in total. The Morgan fingerprint density at radius 3 is 2.17 bits per heavy atom. The maximum atomic E-state index is 12.0. The highest BCUT2D eigenvalue weighted by atomic mass is 35.5. The molecule has 0 aromatic heterocycles. The van der Waals surface area contributed by atoms with Crippen LogP contribution in [0.25, 0.3) is 0 Å². The molecule has 0 saturated carbocycles. The SMILES string of the molecule is CC(C)(C)C(O)C(C)(Cl)C(=O)Oc1ccccc1. The zero-order valence-electron chi connectivity index (χ0n) is 11.1. The predicted octanol–water partition coefficient (Wildman–Crippen LogP) is 3.00. The number of aliphatic hydroxyl groups is 1. The molecule has 18 heavy (non-hydrogen) atoms. The van der Waals surface area contributed by atoms with Gasteiger partial charge in [-0.1, -0.05) is 39.0 Å². The molecule has 0 radical (unpaired) electrons. The van der Waals surface area contributed by atoms with Gasteiger partial charge in [0.2, 0.25) is 0 Å². The number of aliphatic hydroxyl groups excluding tert-OH is 1. The van der Waals surface area contributed by atoms with E-state index in [0.29, 0.717) is 5.75 Å². The minimum Gasteiger partial charge on any atom is -0.425 e. The van der Waals surface area contributed by atoms with Gasteiger partial charge >= 0.3 is 5.97 Å². The molecule has 0 aliphatic rings. The Bertz CT molecular complexity index is 407. The quantitative estimate of drug-likeness (QED) is 0.522. The van der Waals surface area contributed by atoms with Crippen molar-refractivity contribution >= 4 is 17.6 Å². The van der Waals surface area contributed by atoms with Gasteiger partial charge < -0.3 is 9.84 Å². The second-order valence-corrected chi connectivity index (χ2v) is 6.33. The van der Waals surface area contributed by atoms with Crippen molar-refractivity contribution in [3.05, 3.63) is 30.3 Å². The number of benzene rings is 1. The first kappa shape index (κ1) is 15.0. The van der Waals surface area contributed by atoms with E-state index in [1.807, 2.05) is 26.8 Å². The molecule has 0 aliphatic carbocycles. The molecule has 2 unspecified atom stereocenters. The largest absolute Gasteiger partial charge is 0.425 e. The number of hydrogen-bond acceptors (Lipinski definition) is 3. The predicted molar refractivity (Wildman–Crippen MR) is 71.8 cm³/mol. The van der Waals surface area contributed by atoms with Crippen molar-refractivity contribution in [3.8, 4) is 5.75 Å².